The molecule has 1 atom stereocenters. The largest absolute Gasteiger partial charge is 0.310 e. The Morgan fingerprint density at radius 3 is 2.83 bits per heavy atom. The zero-order chi connectivity index (χ0) is 13.0. The number of hydrogen-bond donors (Lipinski definition) is 1. The van der Waals surface area contributed by atoms with Crippen molar-refractivity contribution in [2.75, 3.05) is 0 Å². The lowest BCUT2D eigenvalue weighted by Crippen LogP contribution is -2.27. The molecule has 1 unspecified atom stereocenters. The maximum atomic E-state index is 6.07. The summed E-state index contributed by atoms with van der Waals surface area (Å²) >= 11 is 11.2. The van der Waals surface area contributed by atoms with Crippen molar-refractivity contribution in [3.63, 3.8) is 0 Å². The molecule has 0 bridgehead atoms. The highest BCUT2D eigenvalue weighted by Gasteiger charge is 2.04. The van der Waals surface area contributed by atoms with Gasteiger partial charge in [-0.15, -0.1) is 0 Å². The highest BCUT2D eigenvalue weighted by Crippen LogP contribution is 2.23. The van der Waals surface area contributed by atoms with Gasteiger partial charge in [-0.3, -0.25) is 0 Å². The number of hydrogen-bond acceptors (Lipinski definition) is 2. The van der Waals surface area contributed by atoms with E-state index in [1.54, 1.807) is 11.3 Å². The first kappa shape index (κ1) is 14.1. The molecule has 1 N–H and O–H groups in total. The minimum absolute atomic E-state index is 0.460. The summed E-state index contributed by atoms with van der Waals surface area (Å²) in [7, 11) is 0. The highest BCUT2D eigenvalue weighted by atomic mass is 79.9. The van der Waals surface area contributed by atoms with Crippen molar-refractivity contribution in [2.24, 2.45) is 0 Å². The van der Waals surface area contributed by atoms with Gasteiger partial charge in [-0.2, -0.15) is 11.3 Å². The van der Waals surface area contributed by atoms with Crippen LogP contribution in [-0.2, 0) is 13.0 Å². The van der Waals surface area contributed by atoms with Crippen molar-refractivity contribution >= 4 is 38.9 Å². The van der Waals surface area contributed by atoms with Crippen molar-refractivity contribution < 1.29 is 0 Å². The fraction of sp³-hybridized carbons (Fsp3) is 0.286. The number of benzene rings is 1. The minimum Gasteiger partial charge on any atom is -0.310 e. The van der Waals surface area contributed by atoms with Crippen LogP contribution in [0.5, 0.6) is 0 Å². The molecule has 0 aliphatic carbocycles. The van der Waals surface area contributed by atoms with Crippen LogP contribution in [-0.4, -0.2) is 6.04 Å². The summed E-state index contributed by atoms with van der Waals surface area (Å²) < 4.78 is 0.944. The molecular weight excluding hydrogens is 330 g/mol. The fourth-order valence-corrected chi connectivity index (χ4v) is 2.91. The molecule has 0 saturated heterocycles. The summed E-state index contributed by atoms with van der Waals surface area (Å²) in [6.45, 7) is 3.05. The van der Waals surface area contributed by atoms with Crippen LogP contribution in [0, 0.1) is 0 Å². The van der Waals surface area contributed by atoms with Crippen LogP contribution in [0.15, 0.2) is 39.5 Å². The molecule has 2 aromatic rings. The Morgan fingerprint density at radius 1 is 1.33 bits per heavy atom. The van der Waals surface area contributed by atoms with Crippen molar-refractivity contribution in [2.45, 2.75) is 25.9 Å². The van der Waals surface area contributed by atoms with Crippen LogP contribution in [0.1, 0.15) is 18.1 Å². The van der Waals surface area contributed by atoms with E-state index in [-0.39, 0.29) is 0 Å². The molecule has 0 aliphatic rings. The molecule has 96 valence electrons. The summed E-state index contributed by atoms with van der Waals surface area (Å²) in [5.74, 6) is 0. The quantitative estimate of drug-likeness (QED) is 0.814. The van der Waals surface area contributed by atoms with Gasteiger partial charge in [0.25, 0.3) is 0 Å². The Morgan fingerprint density at radius 2 is 2.17 bits per heavy atom. The number of thiophene rings is 1. The van der Waals surface area contributed by atoms with E-state index in [0.29, 0.717) is 6.04 Å². The second-order valence-corrected chi connectivity index (χ2v) is 6.41. The second-order valence-electron chi connectivity index (χ2n) is 4.37. The van der Waals surface area contributed by atoms with Crippen molar-refractivity contribution in [1.82, 2.24) is 5.32 Å². The zero-order valence-corrected chi connectivity index (χ0v) is 13.3. The van der Waals surface area contributed by atoms with E-state index < -0.39 is 0 Å². The Kier molecular flexibility index (Phi) is 5.25. The normalized spacial score (nSPS) is 12.6. The summed E-state index contributed by atoms with van der Waals surface area (Å²) in [5, 5.41) is 8.60. The van der Waals surface area contributed by atoms with Crippen LogP contribution in [0.25, 0.3) is 0 Å². The molecular formula is C14H15BrClNS. The topological polar surface area (TPSA) is 12.0 Å². The molecule has 1 heterocycles. The summed E-state index contributed by atoms with van der Waals surface area (Å²) in [5.41, 5.74) is 2.61. The number of rotatable bonds is 5. The summed E-state index contributed by atoms with van der Waals surface area (Å²) in [6, 6.07) is 8.71. The maximum Gasteiger partial charge on any atom is 0.0551 e. The Hall–Kier alpha value is -0.350. The van der Waals surface area contributed by atoms with E-state index in [2.05, 4.69) is 51.1 Å². The summed E-state index contributed by atoms with van der Waals surface area (Å²) in [4.78, 5) is 0. The van der Waals surface area contributed by atoms with Crippen LogP contribution in [0.3, 0.4) is 0 Å². The first-order valence-corrected chi connectivity index (χ1v) is 7.95. The Bertz CT molecular complexity index is 499. The third-order valence-corrected chi connectivity index (χ3v) is 4.73. The average molecular weight is 345 g/mol. The van der Waals surface area contributed by atoms with Gasteiger partial charge in [0.15, 0.2) is 0 Å². The molecule has 0 fully saturated rings. The fourth-order valence-electron chi connectivity index (χ4n) is 1.78. The molecule has 0 saturated carbocycles. The molecule has 1 nitrogen and oxygen atoms in total. The first-order valence-electron chi connectivity index (χ1n) is 5.83. The van der Waals surface area contributed by atoms with Crippen LogP contribution < -0.4 is 5.32 Å². The van der Waals surface area contributed by atoms with Crippen LogP contribution in [0.2, 0.25) is 5.02 Å². The van der Waals surface area contributed by atoms with Gasteiger partial charge < -0.3 is 5.32 Å². The van der Waals surface area contributed by atoms with Gasteiger partial charge >= 0.3 is 0 Å². The Balaban J connectivity index is 1.85. The van der Waals surface area contributed by atoms with Gasteiger partial charge in [0.2, 0.25) is 0 Å². The lowest BCUT2D eigenvalue weighted by molar-refractivity contribution is 0.546. The molecule has 0 amide bonds. The molecule has 18 heavy (non-hydrogen) atoms. The van der Waals surface area contributed by atoms with Gasteiger partial charge in [0.1, 0.15) is 0 Å². The summed E-state index contributed by atoms with van der Waals surface area (Å²) in [6.07, 6.45) is 1.06. The molecule has 0 radical (unpaired) electrons. The van der Waals surface area contributed by atoms with E-state index in [9.17, 15) is 0 Å². The van der Waals surface area contributed by atoms with E-state index in [0.717, 1.165) is 22.5 Å². The minimum atomic E-state index is 0.460. The highest BCUT2D eigenvalue weighted by molar-refractivity contribution is 9.10. The molecule has 4 heteroatoms. The van der Waals surface area contributed by atoms with E-state index in [4.69, 9.17) is 11.6 Å². The molecule has 0 aliphatic heterocycles. The van der Waals surface area contributed by atoms with Crippen LogP contribution >= 0.6 is 38.9 Å². The standard InChI is InChI=1S/C14H15BrClNS/c1-10(6-12-4-5-18-9-12)17-8-11-2-3-13(15)14(16)7-11/h2-5,7,9-10,17H,6,8H2,1H3. The van der Waals surface area contributed by atoms with Crippen molar-refractivity contribution in [3.8, 4) is 0 Å². The van der Waals surface area contributed by atoms with Gasteiger partial charge in [0.05, 0.1) is 5.02 Å². The van der Waals surface area contributed by atoms with Crippen molar-refractivity contribution in [1.29, 1.82) is 0 Å². The number of nitrogens with one attached hydrogen (secondary N) is 1. The van der Waals surface area contributed by atoms with Gasteiger partial charge in [-0.05, 0) is 69.4 Å². The second kappa shape index (κ2) is 6.71. The predicted octanol–water partition coefficient (Wildman–Crippen LogP) is 4.88. The number of halogens is 2. The lowest BCUT2D eigenvalue weighted by Gasteiger charge is -2.13. The first-order chi connectivity index (χ1) is 8.65. The van der Waals surface area contributed by atoms with Crippen molar-refractivity contribution in [3.05, 3.63) is 55.6 Å². The predicted molar refractivity (Wildman–Crippen MR) is 83.5 cm³/mol. The zero-order valence-electron chi connectivity index (χ0n) is 10.1. The molecule has 1 aromatic heterocycles. The lowest BCUT2D eigenvalue weighted by atomic mass is 10.1. The van der Waals surface area contributed by atoms with Crippen LogP contribution in [0.4, 0.5) is 0 Å². The molecule has 2 rings (SSSR count). The third-order valence-electron chi connectivity index (χ3n) is 2.76. The monoisotopic (exact) mass is 343 g/mol. The SMILES string of the molecule is CC(Cc1ccsc1)NCc1ccc(Br)c(Cl)c1. The molecule has 0 spiro atoms. The smallest absolute Gasteiger partial charge is 0.0551 e. The van der Waals surface area contributed by atoms with E-state index >= 15 is 0 Å². The maximum absolute atomic E-state index is 6.07. The van der Waals surface area contributed by atoms with E-state index in [1.807, 2.05) is 12.1 Å². The molecule has 1 aromatic carbocycles. The van der Waals surface area contributed by atoms with E-state index in [1.165, 1.54) is 11.1 Å². The van der Waals surface area contributed by atoms with Gasteiger partial charge in [-0.1, -0.05) is 17.7 Å². The van der Waals surface area contributed by atoms with Gasteiger partial charge in [-0.25, -0.2) is 0 Å². The van der Waals surface area contributed by atoms with Gasteiger partial charge in [0, 0.05) is 17.1 Å². The Labute approximate surface area is 125 Å². The average Bonchev–Trinajstić information content (AvgIpc) is 2.83. The third kappa shape index (κ3) is 4.09.